The van der Waals surface area contributed by atoms with Crippen molar-refractivity contribution in [2.75, 3.05) is 13.6 Å². The summed E-state index contributed by atoms with van der Waals surface area (Å²) in [7, 11) is 1.65. The van der Waals surface area contributed by atoms with Crippen molar-refractivity contribution in [3.63, 3.8) is 0 Å². The van der Waals surface area contributed by atoms with E-state index in [9.17, 15) is 5.11 Å². The lowest BCUT2D eigenvalue weighted by Crippen LogP contribution is -2.43. The maximum absolute atomic E-state index is 10.4. The Labute approximate surface area is 168 Å². The van der Waals surface area contributed by atoms with Crippen LogP contribution in [0.25, 0.3) is 5.70 Å². The Bertz CT molecular complexity index is 896. The van der Waals surface area contributed by atoms with E-state index in [1.54, 1.807) is 13.1 Å². The minimum atomic E-state index is -0.895. The van der Waals surface area contributed by atoms with Crippen LogP contribution < -0.4 is 0 Å². The highest BCUT2D eigenvalue weighted by atomic mass is 16.3. The molecule has 0 spiro atoms. The van der Waals surface area contributed by atoms with Gasteiger partial charge in [-0.25, -0.2) is 4.99 Å². The number of nitrogens with zero attached hydrogens (tertiary/aromatic N) is 3. The Kier molecular flexibility index (Phi) is 6.77. The van der Waals surface area contributed by atoms with Gasteiger partial charge >= 0.3 is 0 Å². The van der Waals surface area contributed by atoms with Crippen LogP contribution in [0, 0.1) is 17.3 Å². The molecule has 146 valence electrons. The van der Waals surface area contributed by atoms with Gasteiger partial charge < -0.3 is 10.0 Å². The molecule has 0 radical (unpaired) electrons. The van der Waals surface area contributed by atoms with Crippen LogP contribution in [0.5, 0.6) is 0 Å². The van der Waals surface area contributed by atoms with E-state index >= 15 is 0 Å². The van der Waals surface area contributed by atoms with Gasteiger partial charge in [0.15, 0.2) is 0 Å². The second-order valence-electron chi connectivity index (χ2n) is 7.49. The molecule has 1 aromatic rings. The quantitative estimate of drug-likeness (QED) is 0.453. The number of benzene rings is 1. The van der Waals surface area contributed by atoms with E-state index in [1.165, 1.54) is 0 Å². The molecule has 0 aromatic heterocycles. The summed E-state index contributed by atoms with van der Waals surface area (Å²) in [6.07, 6.45) is 2.73. The average Bonchev–Trinajstić information content (AvgIpc) is 2.70. The molecule has 1 unspecified atom stereocenters. The number of hydrogen-bond acceptors (Lipinski definition) is 4. The third-order valence-electron chi connectivity index (χ3n) is 4.92. The first kappa shape index (κ1) is 21.4. The average molecular weight is 376 g/mol. The molecule has 1 fully saturated rings. The number of fused-ring (bicyclic) bond motifs is 2. The van der Waals surface area contributed by atoms with Gasteiger partial charge in [0.05, 0.1) is 5.69 Å². The largest absolute Gasteiger partial charge is 0.376 e. The molecular formula is C24H29N3O. The Morgan fingerprint density at radius 3 is 2.75 bits per heavy atom. The first-order valence-electron chi connectivity index (χ1n) is 9.32. The van der Waals surface area contributed by atoms with E-state index in [4.69, 9.17) is 4.99 Å². The van der Waals surface area contributed by atoms with Crippen LogP contribution in [0.4, 0.5) is 5.69 Å². The van der Waals surface area contributed by atoms with E-state index in [-0.39, 0.29) is 5.41 Å². The predicted octanol–water partition coefficient (Wildman–Crippen LogP) is 4.92. The number of amidine groups is 1. The molecule has 0 bridgehead atoms. The number of piperidine rings is 1. The maximum atomic E-state index is 10.4. The van der Waals surface area contributed by atoms with Crippen LogP contribution in [-0.4, -0.2) is 35.1 Å². The molecule has 28 heavy (non-hydrogen) atoms. The standard InChI is InChI=1S/C22H25N3O.C2H4/c1-6-17(23-5)8-10-20(26)16-7-9-18-15(2)25-14-22(3,4)12-11-21(25)24-19(18)13-16;1-2/h6-7,9,13,20,26H,1-2,11-12,14H2,3-5H3;1-2H2. The Hall–Kier alpha value is -2.90. The number of aliphatic hydroxyl groups excluding tert-OH is 1. The first-order valence-corrected chi connectivity index (χ1v) is 9.32. The highest BCUT2D eigenvalue weighted by molar-refractivity contribution is 6.08. The third-order valence-corrected chi connectivity index (χ3v) is 4.92. The third kappa shape index (κ3) is 4.49. The molecule has 4 heteroatoms. The van der Waals surface area contributed by atoms with Crippen molar-refractivity contribution in [2.24, 2.45) is 15.4 Å². The van der Waals surface area contributed by atoms with Crippen LogP contribution >= 0.6 is 0 Å². The molecule has 1 atom stereocenters. The summed E-state index contributed by atoms with van der Waals surface area (Å²) in [5.41, 5.74) is 4.38. The van der Waals surface area contributed by atoms with E-state index in [2.05, 4.69) is 61.9 Å². The van der Waals surface area contributed by atoms with Crippen molar-refractivity contribution in [3.8, 4) is 11.8 Å². The van der Waals surface area contributed by atoms with Gasteiger partial charge in [0.2, 0.25) is 0 Å². The summed E-state index contributed by atoms with van der Waals surface area (Å²) in [5.74, 6) is 6.70. The molecule has 2 heterocycles. The zero-order chi connectivity index (χ0) is 20.9. The molecular weight excluding hydrogens is 346 g/mol. The van der Waals surface area contributed by atoms with Crippen molar-refractivity contribution in [1.82, 2.24) is 4.90 Å². The SMILES string of the molecule is C=C.C=CC(C#CC(O)c1ccc2c(c1)N=C1CCC(C)(C)CN1C2=C)=NC. The van der Waals surface area contributed by atoms with Crippen LogP contribution in [-0.2, 0) is 0 Å². The molecule has 0 aliphatic carbocycles. The summed E-state index contributed by atoms with van der Waals surface area (Å²) in [6, 6.07) is 5.76. The predicted molar refractivity (Wildman–Crippen MR) is 120 cm³/mol. The van der Waals surface area contributed by atoms with Gasteiger partial charge in [0, 0.05) is 31.3 Å². The minimum Gasteiger partial charge on any atom is -0.376 e. The highest BCUT2D eigenvalue weighted by Gasteiger charge is 2.34. The maximum Gasteiger partial charge on any atom is 0.140 e. The van der Waals surface area contributed by atoms with E-state index < -0.39 is 6.10 Å². The molecule has 2 aliphatic heterocycles. The number of aliphatic imine (C=N–C) groups is 2. The van der Waals surface area contributed by atoms with Crippen molar-refractivity contribution in [1.29, 1.82) is 0 Å². The van der Waals surface area contributed by atoms with Gasteiger partial charge in [-0.2, -0.15) is 0 Å². The Morgan fingerprint density at radius 2 is 2.11 bits per heavy atom. The fraction of sp³-hybridized carbons (Fsp3) is 0.333. The normalized spacial score (nSPS) is 18.3. The van der Waals surface area contributed by atoms with Crippen molar-refractivity contribution >= 4 is 22.9 Å². The van der Waals surface area contributed by atoms with E-state index in [0.29, 0.717) is 5.71 Å². The van der Waals surface area contributed by atoms with Crippen molar-refractivity contribution < 1.29 is 5.11 Å². The Morgan fingerprint density at radius 1 is 1.39 bits per heavy atom. The zero-order valence-corrected chi connectivity index (χ0v) is 17.1. The second kappa shape index (κ2) is 8.86. The number of hydrogen-bond donors (Lipinski definition) is 1. The van der Waals surface area contributed by atoms with Gasteiger partial charge in [-0.05, 0) is 35.5 Å². The minimum absolute atomic E-state index is 0.259. The lowest BCUT2D eigenvalue weighted by Gasteiger charge is -2.43. The van der Waals surface area contributed by atoms with Crippen LogP contribution in [0.2, 0.25) is 0 Å². The fourth-order valence-electron chi connectivity index (χ4n) is 3.31. The number of aliphatic hydroxyl groups is 1. The van der Waals surface area contributed by atoms with Crippen molar-refractivity contribution in [3.05, 3.63) is 61.7 Å². The number of rotatable bonds is 2. The summed E-state index contributed by atoms with van der Waals surface area (Å²) in [5, 5.41) is 10.4. The molecule has 0 saturated carbocycles. The Balaban J connectivity index is 0.00000136. The number of allylic oxidation sites excluding steroid dienone is 1. The van der Waals surface area contributed by atoms with Gasteiger partial charge in [0.25, 0.3) is 0 Å². The molecule has 4 nitrogen and oxygen atoms in total. The van der Waals surface area contributed by atoms with Crippen LogP contribution in [0.3, 0.4) is 0 Å². The fourth-order valence-corrected chi connectivity index (χ4v) is 3.31. The van der Waals surface area contributed by atoms with Gasteiger partial charge in [-0.15, -0.1) is 13.2 Å². The monoisotopic (exact) mass is 375 g/mol. The first-order chi connectivity index (χ1) is 13.3. The summed E-state index contributed by atoms with van der Waals surface area (Å²) < 4.78 is 0. The summed E-state index contributed by atoms with van der Waals surface area (Å²) in [4.78, 5) is 11.1. The molecule has 3 rings (SSSR count). The van der Waals surface area contributed by atoms with Crippen molar-refractivity contribution in [2.45, 2.75) is 32.8 Å². The van der Waals surface area contributed by atoms with E-state index in [1.807, 2.05) is 18.2 Å². The van der Waals surface area contributed by atoms with Gasteiger partial charge in [0.1, 0.15) is 17.7 Å². The molecule has 1 N–H and O–H groups in total. The molecule has 1 aromatic carbocycles. The zero-order valence-electron chi connectivity index (χ0n) is 17.1. The molecule has 1 saturated heterocycles. The summed E-state index contributed by atoms with van der Waals surface area (Å²) in [6.45, 7) is 19.4. The highest BCUT2D eigenvalue weighted by Crippen LogP contribution is 2.41. The topological polar surface area (TPSA) is 48.2 Å². The lowest BCUT2D eigenvalue weighted by atomic mass is 9.82. The lowest BCUT2D eigenvalue weighted by molar-refractivity contribution is 0.238. The smallest absolute Gasteiger partial charge is 0.140 e. The van der Waals surface area contributed by atoms with Gasteiger partial charge in [-0.3, -0.25) is 4.99 Å². The van der Waals surface area contributed by atoms with Crippen LogP contribution in [0.1, 0.15) is 43.9 Å². The molecule has 2 aliphatic rings. The summed E-state index contributed by atoms with van der Waals surface area (Å²) >= 11 is 0. The van der Waals surface area contributed by atoms with Gasteiger partial charge in [-0.1, -0.05) is 45.1 Å². The van der Waals surface area contributed by atoms with Crippen LogP contribution in [0.15, 0.2) is 60.6 Å². The molecule has 0 amide bonds. The second-order valence-corrected chi connectivity index (χ2v) is 7.49. The van der Waals surface area contributed by atoms with E-state index in [0.717, 1.165) is 47.7 Å².